The first kappa shape index (κ1) is 20.6. The average Bonchev–Trinajstić information content (AvgIpc) is 3.15. The van der Waals surface area contributed by atoms with Gasteiger partial charge < -0.3 is 10.1 Å². The lowest BCUT2D eigenvalue weighted by atomic mass is 10.2. The predicted octanol–water partition coefficient (Wildman–Crippen LogP) is 4.85. The van der Waals surface area contributed by atoms with E-state index in [1.165, 1.54) is 22.2 Å². The molecule has 2 heterocycles. The van der Waals surface area contributed by atoms with Crippen molar-refractivity contribution < 1.29 is 13.9 Å². The monoisotopic (exact) mass is 417 g/mol. The molecule has 0 radical (unpaired) electrons. The number of hydrogen-bond acceptors (Lipinski definition) is 3. The van der Waals surface area contributed by atoms with Gasteiger partial charge in [-0.05, 0) is 48.7 Å². The van der Waals surface area contributed by atoms with E-state index in [1.807, 2.05) is 31.2 Å². The zero-order chi connectivity index (χ0) is 21.8. The van der Waals surface area contributed by atoms with Crippen molar-refractivity contribution in [1.29, 1.82) is 0 Å². The third-order valence-electron chi connectivity index (χ3n) is 5.11. The van der Waals surface area contributed by atoms with Crippen molar-refractivity contribution >= 4 is 11.6 Å². The van der Waals surface area contributed by atoms with E-state index >= 15 is 0 Å². The Morgan fingerprint density at radius 1 is 1.03 bits per heavy atom. The number of carbonyl (C=O) groups excluding carboxylic acids is 1. The minimum Gasteiger partial charge on any atom is -0.489 e. The van der Waals surface area contributed by atoms with Crippen LogP contribution in [0.4, 0.5) is 4.39 Å². The summed E-state index contributed by atoms with van der Waals surface area (Å²) in [6.45, 7) is 4.83. The maximum absolute atomic E-state index is 13.7. The highest BCUT2D eigenvalue weighted by atomic mass is 19.1. The summed E-state index contributed by atoms with van der Waals surface area (Å²) in [6, 6.07) is 18.7. The van der Waals surface area contributed by atoms with Gasteiger partial charge in [-0.2, -0.15) is 0 Å². The highest BCUT2D eigenvalue weighted by Crippen LogP contribution is 2.17. The summed E-state index contributed by atoms with van der Waals surface area (Å²) in [5.74, 6) is 0.0682. The number of pyridine rings is 1. The van der Waals surface area contributed by atoms with Crippen LogP contribution in [0.3, 0.4) is 0 Å². The van der Waals surface area contributed by atoms with Crippen molar-refractivity contribution in [2.75, 3.05) is 0 Å². The molecule has 2 aromatic carbocycles. The molecular weight excluding hydrogens is 393 g/mol. The number of halogens is 1. The Morgan fingerprint density at radius 3 is 2.45 bits per heavy atom. The molecule has 5 nitrogen and oxygen atoms in total. The van der Waals surface area contributed by atoms with E-state index in [0.717, 1.165) is 16.9 Å². The number of benzene rings is 2. The Labute approximate surface area is 180 Å². The summed E-state index contributed by atoms with van der Waals surface area (Å²) in [7, 11) is 0. The van der Waals surface area contributed by atoms with Crippen molar-refractivity contribution in [3.8, 4) is 5.75 Å². The van der Waals surface area contributed by atoms with Gasteiger partial charge in [-0.25, -0.2) is 9.37 Å². The van der Waals surface area contributed by atoms with Gasteiger partial charge in [0.2, 0.25) is 0 Å². The van der Waals surface area contributed by atoms with Crippen LogP contribution in [0, 0.1) is 12.7 Å². The minimum atomic E-state index is -0.414. The molecule has 31 heavy (non-hydrogen) atoms. The number of imidazole rings is 1. The van der Waals surface area contributed by atoms with Crippen LogP contribution in [0.2, 0.25) is 0 Å². The summed E-state index contributed by atoms with van der Waals surface area (Å²) in [5, 5.41) is 2.91. The molecule has 0 saturated heterocycles. The number of aromatic nitrogens is 2. The number of rotatable bonds is 7. The Bertz CT molecular complexity index is 1200. The van der Waals surface area contributed by atoms with Gasteiger partial charge in [0.05, 0.1) is 5.69 Å². The third kappa shape index (κ3) is 4.74. The lowest BCUT2D eigenvalue weighted by Gasteiger charge is -2.09. The van der Waals surface area contributed by atoms with Crippen LogP contribution in [0.15, 0.2) is 66.9 Å². The van der Waals surface area contributed by atoms with E-state index in [1.54, 1.807) is 6.07 Å². The Hall–Kier alpha value is -3.67. The first-order valence-corrected chi connectivity index (χ1v) is 10.3. The van der Waals surface area contributed by atoms with E-state index < -0.39 is 5.82 Å². The van der Waals surface area contributed by atoms with Gasteiger partial charge in [0.25, 0.3) is 5.91 Å². The zero-order valence-corrected chi connectivity index (χ0v) is 17.6. The quantitative estimate of drug-likeness (QED) is 0.468. The first-order valence-electron chi connectivity index (χ1n) is 10.3. The topological polar surface area (TPSA) is 55.6 Å². The molecule has 0 aliphatic carbocycles. The van der Waals surface area contributed by atoms with Crippen LogP contribution in [-0.2, 0) is 19.6 Å². The van der Waals surface area contributed by atoms with Crippen LogP contribution in [-0.4, -0.2) is 15.3 Å². The van der Waals surface area contributed by atoms with Crippen molar-refractivity contribution in [1.82, 2.24) is 14.7 Å². The molecule has 0 aliphatic heterocycles. The number of hydrogen-bond donors (Lipinski definition) is 1. The molecule has 0 fully saturated rings. The second-order valence-electron chi connectivity index (χ2n) is 7.44. The lowest BCUT2D eigenvalue weighted by molar-refractivity contribution is 0.0944. The van der Waals surface area contributed by atoms with E-state index in [-0.39, 0.29) is 5.91 Å². The molecule has 4 aromatic rings. The fourth-order valence-corrected chi connectivity index (χ4v) is 3.37. The van der Waals surface area contributed by atoms with Crippen LogP contribution in [0.5, 0.6) is 5.75 Å². The second-order valence-corrected chi connectivity index (χ2v) is 7.44. The molecule has 158 valence electrons. The summed E-state index contributed by atoms with van der Waals surface area (Å²) in [6.07, 6.45) is 1.87. The van der Waals surface area contributed by atoms with E-state index in [9.17, 15) is 9.18 Å². The van der Waals surface area contributed by atoms with Gasteiger partial charge in [0.15, 0.2) is 0 Å². The van der Waals surface area contributed by atoms with E-state index in [2.05, 4.69) is 41.5 Å². The predicted molar refractivity (Wildman–Crippen MR) is 118 cm³/mol. The maximum atomic E-state index is 13.7. The fourth-order valence-electron chi connectivity index (χ4n) is 3.37. The van der Waals surface area contributed by atoms with Gasteiger partial charge in [0.1, 0.15) is 29.5 Å². The largest absolute Gasteiger partial charge is 0.489 e. The number of fused-ring (bicyclic) bond motifs is 1. The second kappa shape index (κ2) is 9.00. The average molecular weight is 417 g/mol. The molecule has 0 saturated carbocycles. The molecule has 0 aliphatic rings. The molecule has 0 spiro atoms. The number of nitrogens with one attached hydrogen (secondary N) is 1. The minimum absolute atomic E-state index is 0.283. The standard InChI is InChI=1S/C25H24FN3O2/c1-3-22-24(29-15-20(26)10-13-23(29)28-22)25(30)27-14-18-8-11-21(12-9-18)31-16-19-6-4-17(2)5-7-19/h4-13,15H,3,14,16H2,1-2H3,(H,27,30). The maximum Gasteiger partial charge on any atom is 0.270 e. The van der Waals surface area contributed by atoms with Crippen LogP contribution in [0.25, 0.3) is 5.65 Å². The molecule has 1 N–H and O–H groups in total. The van der Waals surface area contributed by atoms with Gasteiger partial charge in [-0.1, -0.05) is 48.9 Å². The summed E-state index contributed by atoms with van der Waals surface area (Å²) >= 11 is 0. The molecule has 6 heteroatoms. The lowest BCUT2D eigenvalue weighted by Crippen LogP contribution is -2.25. The molecule has 2 aromatic heterocycles. The first-order chi connectivity index (χ1) is 15.0. The molecular formula is C25H24FN3O2. The molecule has 0 bridgehead atoms. The van der Waals surface area contributed by atoms with Gasteiger partial charge in [-0.15, -0.1) is 0 Å². The van der Waals surface area contributed by atoms with E-state index in [4.69, 9.17) is 4.74 Å². The number of nitrogens with zero attached hydrogens (tertiary/aromatic N) is 2. The normalized spacial score (nSPS) is 10.9. The summed E-state index contributed by atoms with van der Waals surface area (Å²) in [5.41, 5.74) is 4.83. The van der Waals surface area contributed by atoms with E-state index in [0.29, 0.717) is 36.6 Å². The summed E-state index contributed by atoms with van der Waals surface area (Å²) < 4.78 is 21.0. The fraction of sp³-hybridized carbons (Fsp3) is 0.200. The van der Waals surface area contributed by atoms with Gasteiger partial charge in [-0.3, -0.25) is 9.20 Å². The third-order valence-corrected chi connectivity index (χ3v) is 5.11. The number of amides is 1. The smallest absolute Gasteiger partial charge is 0.270 e. The van der Waals surface area contributed by atoms with Crippen LogP contribution in [0.1, 0.15) is 39.8 Å². The molecule has 0 atom stereocenters. The van der Waals surface area contributed by atoms with Crippen LogP contribution < -0.4 is 10.1 Å². The highest BCUT2D eigenvalue weighted by Gasteiger charge is 2.18. The Morgan fingerprint density at radius 2 is 1.74 bits per heavy atom. The van der Waals surface area contributed by atoms with Crippen molar-refractivity contribution in [2.24, 2.45) is 0 Å². The molecule has 1 amide bonds. The molecule has 4 rings (SSSR count). The van der Waals surface area contributed by atoms with Crippen molar-refractivity contribution in [3.05, 3.63) is 101 Å². The highest BCUT2D eigenvalue weighted by molar-refractivity contribution is 5.94. The van der Waals surface area contributed by atoms with Crippen molar-refractivity contribution in [2.45, 2.75) is 33.4 Å². The van der Waals surface area contributed by atoms with Gasteiger partial charge >= 0.3 is 0 Å². The summed E-state index contributed by atoms with van der Waals surface area (Å²) in [4.78, 5) is 17.2. The number of aryl methyl sites for hydroxylation is 2. The SMILES string of the molecule is CCc1nc2ccc(F)cn2c1C(=O)NCc1ccc(OCc2ccc(C)cc2)cc1. The number of ether oxygens (including phenoxy) is 1. The molecule has 0 unspecified atom stereocenters. The Kier molecular flexibility index (Phi) is 5.98. The zero-order valence-electron chi connectivity index (χ0n) is 17.6. The van der Waals surface area contributed by atoms with Gasteiger partial charge in [0, 0.05) is 12.7 Å². The van der Waals surface area contributed by atoms with Crippen molar-refractivity contribution in [3.63, 3.8) is 0 Å². The Balaban J connectivity index is 1.39. The van der Waals surface area contributed by atoms with Crippen LogP contribution >= 0.6 is 0 Å². The number of carbonyl (C=O) groups is 1.